The Morgan fingerprint density at radius 1 is 0.533 bits per heavy atom. The molecule has 0 bridgehead atoms. The molecule has 7 heteroatoms. The fourth-order valence-corrected chi connectivity index (χ4v) is 3.34. The second-order valence-electron chi connectivity index (χ2n) is 6.98. The fourth-order valence-electron chi connectivity index (χ4n) is 3.34. The van der Waals surface area contributed by atoms with Crippen LogP contribution in [0.25, 0.3) is 11.1 Å². The van der Waals surface area contributed by atoms with Gasteiger partial charge in [-0.25, -0.2) is 30.7 Å². The second-order valence-corrected chi connectivity index (χ2v) is 6.98. The first-order chi connectivity index (χ1) is 14.2. The van der Waals surface area contributed by atoms with Gasteiger partial charge in [0.2, 0.25) is 0 Å². The van der Waals surface area contributed by atoms with E-state index in [1.807, 2.05) is 6.92 Å². The Morgan fingerprint density at radius 2 is 1.00 bits per heavy atom. The molecule has 0 amide bonds. The highest BCUT2D eigenvalue weighted by Crippen LogP contribution is 2.30. The molecule has 158 valence electrons. The van der Waals surface area contributed by atoms with Gasteiger partial charge < -0.3 is 0 Å². The van der Waals surface area contributed by atoms with Crippen LogP contribution in [0.1, 0.15) is 30.0 Å². The Balaban J connectivity index is 1.86. The largest absolute Gasteiger partial charge is 0.207 e. The molecule has 0 saturated carbocycles. The molecule has 3 aromatic carbocycles. The minimum absolute atomic E-state index is 0.0682. The van der Waals surface area contributed by atoms with Crippen LogP contribution in [0.2, 0.25) is 0 Å². The lowest BCUT2D eigenvalue weighted by Crippen LogP contribution is -2.03. The Labute approximate surface area is 169 Å². The molecule has 30 heavy (non-hydrogen) atoms. The van der Waals surface area contributed by atoms with Crippen molar-refractivity contribution in [3.63, 3.8) is 0 Å². The summed E-state index contributed by atoms with van der Waals surface area (Å²) in [5, 5.41) is 0. The van der Waals surface area contributed by atoms with Crippen LogP contribution in [0.5, 0.6) is 0 Å². The summed E-state index contributed by atoms with van der Waals surface area (Å²) in [4.78, 5) is 0. The van der Waals surface area contributed by atoms with Crippen molar-refractivity contribution in [3.8, 4) is 11.1 Å². The standard InChI is InChI=1S/C23H17F7/c1-2-3-12-6-16(24)15(17(25)7-12)5-4-13-8-18(26)22(19(27)9-13)14-10-20(28)23(30)21(29)11-14/h6-11H,2-5H2,1H3. The van der Waals surface area contributed by atoms with Gasteiger partial charge in [0, 0.05) is 5.56 Å². The fraction of sp³-hybridized carbons (Fsp3) is 0.217. The minimum Gasteiger partial charge on any atom is -0.207 e. The first kappa shape index (κ1) is 21.9. The van der Waals surface area contributed by atoms with Crippen LogP contribution in [-0.2, 0) is 19.3 Å². The summed E-state index contributed by atoms with van der Waals surface area (Å²) >= 11 is 0. The average molecular weight is 426 g/mol. The molecule has 0 aromatic heterocycles. The topological polar surface area (TPSA) is 0 Å². The van der Waals surface area contributed by atoms with Crippen LogP contribution in [0, 0.1) is 40.7 Å². The van der Waals surface area contributed by atoms with E-state index in [1.54, 1.807) is 0 Å². The van der Waals surface area contributed by atoms with E-state index in [1.165, 1.54) is 12.1 Å². The Bertz CT molecular complexity index is 1020. The van der Waals surface area contributed by atoms with E-state index in [0.717, 1.165) is 18.6 Å². The highest BCUT2D eigenvalue weighted by molar-refractivity contribution is 5.65. The molecule has 0 spiro atoms. The Kier molecular flexibility index (Phi) is 6.48. The van der Waals surface area contributed by atoms with Crippen molar-refractivity contribution in [2.45, 2.75) is 32.6 Å². The van der Waals surface area contributed by atoms with Crippen molar-refractivity contribution in [1.29, 1.82) is 0 Å². The van der Waals surface area contributed by atoms with Gasteiger partial charge in [0.15, 0.2) is 17.5 Å². The van der Waals surface area contributed by atoms with E-state index in [0.29, 0.717) is 24.1 Å². The highest BCUT2D eigenvalue weighted by atomic mass is 19.2. The predicted molar refractivity (Wildman–Crippen MR) is 99.4 cm³/mol. The number of aryl methyl sites for hydroxylation is 2. The van der Waals surface area contributed by atoms with Crippen LogP contribution in [0.3, 0.4) is 0 Å². The normalized spacial score (nSPS) is 11.2. The maximum absolute atomic E-state index is 14.5. The number of halogens is 7. The van der Waals surface area contributed by atoms with Gasteiger partial charge in [-0.05, 0) is 72.4 Å². The van der Waals surface area contributed by atoms with Gasteiger partial charge in [0.05, 0.1) is 5.56 Å². The monoisotopic (exact) mass is 426 g/mol. The summed E-state index contributed by atoms with van der Waals surface area (Å²) < 4.78 is 97.2. The second kappa shape index (κ2) is 8.90. The molecule has 0 N–H and O–H groups in total. The van der Waals surface area contributed by atoms with E-state index in [4.69, 9.17) is 0 Å². The van der Waals surface area contributed by atoms with E-state index in [9.17, 15) is 30.7 Å². The summed E-state index contributed by atoms with van der Waals surface area (Å²) in [6.07, 6.45) is 1.05. The number of hydrogen-bond donors (Lipinski definition) is 0. The predicted octanol–water partition coefficient (Wildman–Crippen LogP) is 7.07. The van der Waals surface area contributed by atoms with Crippen molar-refractivity contribution >= 4 is 0 Å². The average Bonchev–Trinajstić information content (AvgIpc) is 2.65. The van der Waals surface area contributed by atoms with Gasteiger partial charge in [-0.3, -0.25) is 0 Å². The van der Waals surface area contributed by atoms with Crippen LogP contribution >= 0.6 is 0 Å². The molecule has 3 aromatic rings. The molecule has 0 atom stereocenters. The van der Waals surface area contributed by atoms with Gasteiger partial charge in [-0.2, -0.15) is 0 Å². The zero-order valence-corrected chi connectivity index (χ0v) is 15.9. The van der Waals surface area contributed by atoms with Crippen molar-refractivity contribution in [2.75, 3.05) is 0 Å². The number of hydrogen-bond acceptors (Lipinski definition) is 0. The molecule has 0 heterocycles. The van der Waals surface area contributed by atoms with E-state index < -0.39 is 51.8 Å². The molecular formula is C23H17F7. The number of benzene rings is 3. The lowest BCUT2D eigenvalue weighted by Gasteiger charge is -2.11. The molecule has 0 radical (unpaired) electrons. The first-order valence-electron chi connectivity index (χ1n) is 9.30. The highest BCUT2D eigenvalue weighted by Gasteiger charge is 2.19. The van der Waals surface area contributed by atoms with Crippen LogP contribution in [0.15, 0.2) is 36.4 Å². The zero-order chi connectivity index (χ0) is 22.0. The van der Waals surface area contributed by atoms with Crippen molar-refractivity contribution in [1.82, 2.24) is 0 Å². The van der Waals surface area contributed by atoms with Crippen molar-refractivity contribution in [2.24, 2.45) is 0 Å². The summed E-state index contributed by atoms with van der Waals surface area (Å²) in [5.74, 6) is -8.62. The smallest absolute Gasteiger partial charge is 0.194 e. The minimum atomic E-state index is -1.75. The molecule has 0 aliphatic carbocycles. The lowest BCUT2D eigenvalue weighted by molar-refractivity contribution is 0.447. The Morgan fingerprint density at radius 3 is 1.50 bits per heavy atom. The first-order valence-corrected chi connectivity index (χ1v) is 9.30. The van der Waals surface area contributed by atoms with E-state index >= 15 is 0 Å². The number of rotatable bonds is 6. The summed E-state index contributed by atoms with van der Waals surface area (Å²) in [6.45, 7) is 1.88. The summed E-state index contributed by atoms with van der Waals surface area (Å²) in [6, 6.07) is 5.29. The van der Waals surface area contributed by atoms with Gasteiger partial charge in [0.25, 0.3) is 0 Å². The molecule has 0 unspecified atom stereocenters. The third-order valence-corrected chi connectivity index (χ3v) is 4.78. The third-order valence-electron chi connectivity index (χ3n) is 4.78. The van der Waals surface area contributed by atoms with Crippen molar-refractivity contribution < 1.29 is 30.7 Å². The van der Waals surface area contributed by atoms with Crippen LogP contribution < -0.4 is 0 Å². The van der Waals surface area contributed by atoms with Crippen molar-refractivity contribution in [3.05, 3.63) is 93.8 Å². The Hall–Kier alpha value is -2.83. The lowest BCUT2D eigenvalue weighted by atomic mass is 9.97. The molecule has 0 aliphatic rings. The van der Waals surface area contributed by atoms with E-state index in [-0.39, 0.29) is 24.0 Å². The SMILES string of the molecule is CCCc1cc(F)c(CCc2cc(F)c(-c3cc(F)c(F)c(F)c3)c(F)c2)c(F)c1. The quantitative estimate of drug-likeness (QED) is 0.292. The molecule has 3 rings (SSSR count). The van der Waals surface area contributed by atoms with Gasteiger partial charge in [-0.1, -0.05) is 13.3 Å². The maximum atomic E-state index is 14.5. The van der Waals surface area contributed by atoms with E-state index in [2.05, 4.69) is 0 Å². The van der Waals surface area contributed by atoms with Gasteiger partial charge in [-0.15, -0.1) is 0 Å². The summed E-state index contributed by atoms with van der Waals surface area (Å²) in [7, 11) is 0. The van der Waals surface area contributed by atoms with Crippen LogP contribution in [0.4, 0.5) is 30.7 Å². The van der Waals surface area contributed by atoms with Gasteiger partial charge in [0.1, 0.15) is 23.3 Å². The maximum Gasteiger partial charge on any atom is 0.194 e. The third kappa shape index (κ3) is 4.50. The zero-order valence-electron chi connectivity index (χ0n) is 15.9. The molecular weight excluding hydrogens is 409 g/mol. The van der Waals surface area contributed by atoms with Crippen LogP contribution in [-0.4, -0.2) is 0 Å². The van der Waals surface area contributed by atoms with Gasteiger partial charge >= 0.3 is 0 Å². The molecule has 0 aliphatic heterocycles. The molecule has 0 saturated heterocycles. The summed E-state index contributed by atoms with van der Waals surface area (Å²) in [5.41, 5.74) is -0.790. The molecule has 0 fully saturated rings. The molecule has 0 nitrogen and oxygen atoms in total.